The van der Waals surface area contributed by atoms with Gasteiger partial charge in [-0.2, -0.15) is 0 Å². The number of rotatable bonds is 5. The Hall–Kier alpha value is -1.89. The van der Waals surface area contributed by atoms with Gasteiger partial charge in [0, 0.05) is 30.9 Å². The van der Waals surface area contributed by atoms with Crippen molar-refractivity contribution in [2.45, 2.75) is 51.5 Å². The molecule has 1 aliphatic rings. The standard InChI is InChI=1S/C18H26N2O4S/c1-13(21)20(12-16(22)23)14-6-4-9-19(10-8-14)17(24)18(2,3)15-7-5-11-25-15/h5,7,11,14H,4,6,8-10,12H2,1-3H3,(H,22,23). The van der Waals surface area contributed by atoms with Gasteiger partial charge in [0.05, 0.1) is 5.41 Å². The number of amides is 2. The predicted octanol–water partition coefficient (Wildman–Crippen LogP) is 2.34. The van der Waals surface area contributed by atoms with E-state index in [0.29, 0.717) is 19.5 Å². The van der Waals surface area contributed by atoms with Crippen molar-refractivity contribution in [3.8, 4) is 0 Å². The lowest BCUT2D eigenvalue weighted by Gasteiger charge is -2.31. The smallest absolute Gasteiger partial charge is 0.323 e. The second-order valence-corrected chi connectivity index (χ2v) is 7.97. The summed E-state index contributed by atoms with van der Waals surface area (Å²) in [7, 11) is 0. The summed E-state index contributed by atoms with van der Waals surface area (Å²) in [6.07, 6.45) is 2.09. The highest BCUT2D eigenvalue weighted by Gasteiger charge is 2.36. The van der Waals surface area contributed by atoms with Crippen LogP contribution in [0.1, 0.15) is 44.9 Å². The Morgan fingerprint density at radius 3 is 2.60 bits per heavy atom. The minimum Gasteiger partial charge on any atom is -0.480 e. The second kappa shape index (κ2) is 7.99. The van der Waals surface area contributed by atoms with Crippen LogP contribution in [0, 0.1) is 0 Å². The SMILES string of the molecule is CC(=O)N(CC(=O)O)C1CCCN(C(=O)C(C)(C)c2cccs2)CC1. The van der Waals surface area contributed by atoms with Gasteiger partial charge in [0.2, 0.25) is 11.8 Å². The summed E-state index contributed by atoms with van der Waals surface area (Å²) in [5, 5.41) is 11.0. The average molecular weight is 366 g/mol. The first-order chi connectivity index (χ1) is 11.7. The van der Waals surface area contributed by atoms with E-state index in [9.17, 15) is 14.4 Å². The topological polar surface area (TPSA) is 77.9 Å². The van der Waals surface area contributed by atoms with Crippen LogP contribution in [0.15, 0.2) is 17.5 Å². The van der Waals surface area contributed by atoms with Gasteiger partial charge in [-0.1, -0.05) is 6.07 Å². The van der Waals surface area contributed by atoms with Crippen LogP contribution in [0.5, 0.6) is 0 Å². The highest BCUT2D eigenvalue weighted by molar-refractivity contribution is 7.10. The Kier molecular flexibility index (Phi) is 6.21. The molecule has 0 bridgehead atoms. The quantitative estimate of drug-likeness (QED) is 0.868. The third-order valence-electron chi connectivity index (χ3n) is 4.81. The predicted molar refractivity (Wildman–Crippen MR) is 96.6 cm³/mol. The molecule has 1 saturated heterocycles. The summed E-state index contributed by atoms with van der Waals surface area (Å²) in [5.74, 6) is -1.15. The zero-order chi connectivity index (χ0) is 18.6. The molecule has 0 spiro atoms. The summed E-state index contributed by atoms with van der Waals surface area (Å²) in [6, 6.07) is 3.80. The van der Waals surface area contributed by atoms with Gasteiger partial charge < -0.3 is 14.9 Å². The molecule has 1 aliphatic heterocycles. The maximum absolute atomic E-state index is 13.0. The summed E-state index contributed by atoms with van der Waals surface area (Å²) in [5.41, 5.74) is -0.574. The van der Waals surface area contributed by atoms with Gasteiger partial charge in [-0.15, -0.1) is 11.3 Å². The van der Waals surface area contributed by atoms with E-state index in [-0.39, 0.29) is 24.4 Å². The van der Waals surface area contributed by atoms with Crippen LogP contribution < -0.4 is 0 Å². The molecule has 7 heteroatoms. The molecule has 2 heterocycles. The zero-order valence-electron chi connectivity index (χ0n) is 15.0. The van der Waals surface area contributed by atoms with Gasteiger partial charge in [0.25, 0.3) is 0 Å². The van der Waals surface area contributed by atoms with Crippen molar-refractivity contribution in [1.82, 2.24) is 9.80 Å². The maximum atomic E-state index is 13.0. The lowest BCUT2D eigenvalue weighted by atomic mass is 9.89. The van der Waals surface area contributed by atoms with Crippen molar-refractivity contribution in [2.75, 3.05) is 19.6 Å². The van der Waals surface area contributed by atoms with Crippen LogP contribution in [-0.2, 0) is 19.8 Å². The van der Waals surface area contributed by atoms with Gasteiger partial charge in [-0.25, -0.2) is 0 Å². The highest BCUT2D eigenvalue weighted by Crippen LogP contribution is 2.30. The van der Waals surface area contributed by atoms with Gasteiger partial charge in [-0.05, 0) is 44.6 Å². The number of aliphatic carboxylic acids is 1. The molecule has 0 aromatic carbocycles. The van der Waals surface area contributed by atoms with E-state index >= 15 is 0 Å². The number of carbonyl (C=O) groups is 3. The number of thiophene rings is 1. The van der Waals surface area contributed by atoms with Crippen LogP contribution in [-0.4, -0.2) is 58.4 Å². The number of hydrogen-bond acceptors (Lipinski definition) is 4. The molecule has 6 nitrogen and oxygen atoms in total. The fraction of sp³-hybridized carbons (Fsp3) is 0.611. The van der Waals surface area contributed by atoms with Crippen LogP contribution >= 0.6 is 11.3 Å². The molecule has 2 rings (SSSR count). The van der Waals surface area contributed by atoms with E-state index in [0.717, 1.165) is 17.7 Å². The fourth-order valence-corrected chi connectivity index (χ4v) is 4.21. The first-order valence-electron chi connectivity index (χ1n) is 8.56. The Morgan fingerprint density at radius 1 is 1.32 bits per heavy atom. The molecule has 1 fully saturated rings. The van der Waals surface area contributed by atoms with Crippen molar-refractivity contribution >= 4 is 29.1 Å². The van der Waals surface area contributed by atoms with Crippen molar-refractivity contribution in [2.24, 2.45) is 0 Å². The van der Waals surface area contributed by atoms with Crippen LogP contribution in [0.4, 0.5) is 0 Å². The second-order valence-electron chi connectivity index (χ2n) is 7.02. The van der Waals surface area contributed by atoms with Crippen molar-refractivity contribution < 1.29 is 19.5 Å². The molecule has 1 aromatic rings. The molecule has 0 radical (unpaired) electrons. The third-order valence-corrected chi connectivity index (χ3v) is 6.00. The van der Waals surface area contributed by atoms with Crippen molar-refractivity contribution in [1.29, 1.82) is 0 Å². The van der Waals surface area contributed by atoms with Crippen LogP contribution in [0.25, 0.3) is 0 Å². The van der Waals surface area contributed by atoms with E-state index in [1.54, 1.807) is 11.3 Å². The third kappa shape index (κ3) is 4.60. The summed E-state index contributed by atoms with van der Waals surface area (Å²) < 4.78 is 0. The Labute approximate surface area is 152 Å². The molecule has 1 aromatic heterocycles. The van der Waals surface area contributed by atoms with Gasteiger partial charge >= 0.3 is 5.97 Å². The average Bonchev–Trinajstić information content (AvgIpc) is 2.98. The minimum absolute atomic E-state index is 0.0863. The number of hydrogen-bond donors (Lipinski definition) is 1. The molecule has 1 unspecified atom stereocenters. The van der Waals surface area contributed by atoms with E-state index in [2.05, 4.69) is 0 Å². The minimum atomic E-state index is -1.01. The monoisotopic (exact) mass is 366 g/mol. The van der Waals surface area contributed by atoms with Gasteiger partial charge in [0.1, 0.15) is 6.54 Å². The lowest BCUT2D eigenvalue weighted by molar-refractivity contribution is -0.145. The molecular formula is C18H26N2O4S. The summed E-state index contributed by atoms with van der Waals surface area (Å²) >= 11 is 1.58. The van der Waals surface area contributed by atoms with E-state index < -0.39 is 11.4 Å². The first-order valence-corrected chi connectivity index (χ1v) is 9.43. The summed E-state index contributed by atoms with van der Waals surface area (Å²) in [6.45, 7) is 6.18. The van der Waals surface area contributed by atoms with Gasteiger partial charge in [-0.3, -0.25) is 14.4 Å². The lowest BCUT2D eigenvalue weighted by Crippen LogP contribution is -2.45. The van der Waals surface area contributed by atoms with Crippen LogP contribution in [0.3, 0.4) is 0 Å². The molecule has 1 N–H and O–H groups in total. The number of carboxylic acids is 1. The maximum Gasteiger partial charge on any atom is 0.323 e. The molecule has 0 saturated carbocycles. The molecule has 25 heavy (non-hydrogen) atoms. The number of carbonyl (C=O) groups excluding carboxylic acids is 2. The normalized spacial score (nSPS) is 18.5. The largest absolute Gasteiger partial charge is 0.480 e. The highest BCUT2D eigenvalue weighted by atomic mass is 32.1. The first kappa shape index (κ1) is 19.4. The number of carboxylic acid groups (broad SMARTS) is 1. The molecule has 1 atom stereocenters. The van der Waals surface area contributed by atoms with E-state index in [1.807, 2.05) is 36.3 Å². The molecule has 0 aliphatic carbocycles. The van der Waals surface area contributed by atoms with E-state index in [4.69, 9.17) is 5.11 Å². The zero-order valence-corrected chi connectivity index (χ0v) is 15.8. The summed E-state index contributed by atoms with van der Waals surface area (Å²) in [4.78, 5) is 40.2. The molecule has 2 amide bonds. The fourth-order valence-electron chi connectivity index (χ4n) is 3.37. The number of nitrogens with zero attached hydrogens (tertiary/aromatic N) is 2. The van der Waals surface area contributed by atoms with Crippen molar-refractivity contribution in [3.63, 3.8) is 0 Å². The van der Waals surface area contributed by atoms with Gasteiger partial charge in [0.15, 0.2) is 0 Å². The van der Waals surface area contributed by atoms with Crippen molar-refractivity contribution in [3.05, 3.63) is 22.4 Å². The molecular weight excluding hydrogens is 340 g/mol. The van der Waals surface area contributed by atoms with Crippen LogP contribution in [0.2, 0.25) is 0 Å². The van der Waals surface area contributed by atoms with E-state index in [1.165, 1.54) is 11.8 Å². The Morgan fingerprint density at radius 2 is 2.04 bits per heavy atom. The Bertz CT molecular complexity index is 627. The number of likely N-dealkylation sites (tertiary alicyclic amines) is 1. The Balaban J connectivity index is 2.06. The molecule has 138 valence electrons.